The van der Waals surface area contributed by atoms with Gasteiger partial charge in [0.15, 0.2) is 18.1 Å². The maximum Gasteiger partial charge on any atom is 0.317 e. The molecule has 2 aliphatic rings. The van der Waals surface area contributed by atoms with Crippen LogP contribution in [0.25, 0.3) is 0 Å². The summed E-state index contributed by atoms with van der Waals surface area (Å²) in [5.41, 5.74) is 1.24. The molecule has 0 bridgehead atoms. The second kappa shape index (κ2) is 8.96. The summed E-state index contributed by atoms with van der Waals surface area (Å²) in [4.78, 5) is 25.3. The zero-order valence-corrected chi connectivity index (χ0v) is 17.5. The smallest absolute Gasteiger partial charge is 0.317 e. The molecule has 6 nitrogen and oxygen atoms in total. The van der Waals surface area contributed by atoms with Crippen LogP contribution in [0.4, 0.5) is 4.39 Å². The quantitative estimate of drug-likeness (QED) is 0.714. The van der Waals surface area contributed by atoms with E-state index in [0.717, 1.165) is 18.4 Å². The molecule has 1 heterocycles. The van der Waals surface area contributed by atoms with Crippen molar-refractivity contribution in [3.05, 3.63) is 58.9 Å². The average Bonchev–Trinajstić information content (AvgIpc) is 3.29. The Hall–Kier alpha value is -3.09. The third-order valence-corrected chi connectivity index (χ3v) is 6.00. The van der Waals surface area contributed by atoms with Gasteiger partial charge in [-0.3, -0.25) is 9.59 Å². The molecule has 1 N–H and O–H groups in total. The van der Waals surface area contributed by atoms with Gasteiger partial charge in [0.25, 0.3) is 5.91 Å². The first-order valence-electron chi connectivity index (χ1n) is 10.6. The number of hydrogen-bond donors (Lipinski definition) is 1. The van der Waals surface area contributed by atoms with E-state index in [1.807, 2.05) is 18.2 Å². The molecule has 0 unspecified atom stereocenters. The fourth-order valence-corrected chi connectivity index (χ4v) is 4.20. The number of amides is 1. The second-order valence-corrected chi connectivity index (χ2v) is 8.08. The number of benzene rings is 2. The highest BCUT2D eigenvalue weighted by atomic mass is 19.1. The molecule has 0 saturated heterocycles. The lowest BCUT2D eigenvalue weighted by Crippen LogP contribution is -2.37. The summed E-state index contributed by atoms with van der Waals surface area (Å²) in [5, 5.41) is 2.67. The van der Waals surface area contributed by atoms with E-state index < -0.39 is 17.3 Å². The maximum atomic E-state index is 13.6. The van der Waals surface area contributed by atoms with Crippen LogP contribution in [0.5, 0.6) is 11.5 Å². The minimum atomic E-state index is -0.782. The minimum Gasteiger partial charge on any atom is -0.486 e. The van der Waals surface area contributed by atoms with Gasteiger partial charge in [0.2, 0.25) is 0 Å². The zero-order chi connectivity index (χ0) is 21.8. The van der Waals surface area contributed by atoms with Crippen molar-refractivity contribution in [1.82, 2.24) is 5.32 Å². The first-order valence-corrected chi connectivity index (χ1v) is 10.6. The summed E-state index contributed by atoms with van der Waals surface area (Å²) in [6.45, 7) is 2.45. The number of halogens is 1. The first-order chi connectivity index (χ1) is 15.0. The van der Waals surface area contributed by atoms with Gasteiger partial charge in [-0.25, -0.2) is 4.39 Å². The van der Waals surface area contributed by atoms with Crippen LogP contribution in [-0.2, 0) is 26.3 Å². The van der Waals surface area contributed by atoms with E-state index in [2.05, 4.69) is 5.32 Å². The van der Waals surface area contributed by atoms with E-state index in [1.165, 1.54) is 6.07 Å². The molecule has 164 valence electrons. The highest BCUT2D eigenvalue weighted by Crippen LogP contribution is 2.45. The van der Waals surface area contributed by atoms with Gasteiger partial charge in [-0.05, 0) is 54.7 Å². The van der Waals surface area contributed by atoms with E-state index in [0.29, 0.717) is 48.7 Å². The van der Waals surface area contributed by atoms with Crippen molar-refractivity contribution in [3.8, 4) is 11.5 Å². The van der Waals surface area contributed by atoms with Crippen molar-refractivity contribution < 1.29 is 28.2 Å². The van der Waals surface area contributed by atoms with E-state index in [4.69, 9.17) is 14.2 Å². The van der Waals surface area contributed by atoms with Crippen molar-refractivity contribution in [3.63, 3.8) is 0 Å². The fraction of sp³-hybridized carbons (Fsp3) is 0.417. The van der Waals surface area contributed by atoms with Gasteiger partial charge >= 0.3 is 5.97 Å². The third kappa shape index (κ3) is 4.50. The molecule has 1 fully saturated rings. The van der Waals surface area contributed by atoms with Crippen LogP contribution in [0.1, 0.15) is 42.4 Å². The maximum absolute atomic E-state index is 13.6. The Morgan fingerprint density at radius 1 is 1.06 bits per heavy atom. The number of carbonyl (C=O) groups is 2. The van der Waals surface area contributed by atoms with Gasteiger partial charge in [0.1, 0.15) is 19.0 Å². The predicted octanol–water partition coefficient (Wildman–Crippen LogP) is 3.58. The number of nitrogens with one attached hydrogen (secondary N) is 1. The summed E-state index contributed by atoms with van der Waals surface area (Å²) in [7, 11) is 0. The van der Waals surface area contributed by atoms with E-state index in [-0.39, 0.29) is 19.0 Å². The fourth-order valence-electron chi connectivity index (χ4n) is 4.20. The molecular formula is C24H26FNO5. The number of carbonyl (C=O) groups excluding carboxylic acids is 2. The van der Waals surface area contributed by atoms with E-state index >= 15 is 0 Å². The van der Waals surface area contributed by atoms with Crippen LogP contribution in [0.3, 0.4) is 0 Å². The van der Waals surface area contributed by atoms with Gasteiger partial charge in [-0.15, -0.1) is 0 Å². The monoisotopic (exact) mass is 427 g/mol. The Bertz CT molecular complexity index is 984. The van der Waals surface area contributed by atoms with Crippen LogP contribution >= 0.6 is 0 Å². The van der Waals surface area contributed by atoms with Crippen molar-refractivity contribution in [2.45, 2.75) is 44.6 Å². The lowest BCUT2D eigenvalue weighted by Gasteiger charge is -2.28. The summed E-state index contributed by atoms with van der Waals surface area (Å²) in [6, 6.07) is 10.4. The molecule has 2 aromatic rings. The van der Waals surface area contributed by atoms with Crippen molar-refractivity contribution in [1.29, 1.82) is 0 Å². The Balaban J connectivity index is 1.38. The molecule has 0 aromatic heterocycles. The third-order valence-electron chi connectivity index (χ3n) is 6.00. The van der Waals surface area contributed by atoms with Gasteiger partial charge < -0.3 is 19.5 Å². The molecule has 0 spiro atoms. The summed E-state index contributed by atoms with van der Waals surface area (Å²) < 4.78 is 30.3. The Morgan fingerprint density at radius 2 is 1.81 bits per heavy atom. The summed E-state index contributed by atoms with van der Waals surface area (Å²) in [6.07, 6.45) is 3.15. The van der Waals surface area contributed by atoms with Crippen LogP contribution in [0, 0.1) is 12.7 Å². The lowest BCUT2D eigenvalue weighted by atomic mass is 9.78. The number of aryl methyl sites for hydroxylation is 1. The van der Waals surface area contributed by atoms with Crippen LogP contribution in [0.2, 0.25) is 0 Å². The molecule has 0 atom stereocenters. The summed E-state index contributed by atoms with van der Waals surface area (Å²) >= 11 is 0. The lowest BCUT2D eigenvalue weighted by molar-refractivity contribution is -0.154. The second-order valence-electron chi connectivity index (χ2n) is 8.08. The largest absolute Gasteiger partial charge is 0.486 e. The number of fused-ring (bicyclic) bond motifs is 1. The SMILES string of the molecule is Cc1ccc(CNC(=O)COC(=O)C2(c3ccc4c(c3)OCCO4)CCCC2)cc1F. The summed E-state index contributed by atoms with van der Waals surface area (Å²) in [5.74, 6) is 0.151. The Kier molecular flexibility index (Phi) is 6.11. The standard InChI is InChI=1S/C24H26FNO5/c1-16-4-5-17(12-19(16)25)14-26-22(27)15-31-23(28)24(8-2-3-9-24)18-6-7-20-21(13-18)30-11-10-29-20/h4-7,12-13H,2-3,8-11,14-15H2,1H3,(H,26,27). The van der Waals surface area contributed by atoms with Gasteiger partial charge in [-0.2, -0.15) is 0 Å². The molecule has 7 heteroatoms. The molecule has 1 amide bonds. The van der Waals surface area contributed by atoms with E-state index in [9.17, 15) is 14.0 Å². The molecule has 31 heavy (non-hydrogen) atoms. The van der Waals surface area contributed by atoms with Crippen molar-refractivity contribution in [2.24, 2.45) is 0 Å². The Labute approximate surface area is 180 Å². The van der Waals surface area contributed by atoms with Crippen molar-refractivity contribution in [2.75, 3.05) is 19.8 Å². The molecule has 1 aliphatic carbocycles. The highest BCUT2D eigenvalue weighted by molar-refractivity contribution is 5.87. The van der Waals surface area contributed by atoms with Crippen molar-refractivity contribution >= 4 is 11.9 Å². The van der Waals surface area contributed by atoms with Crippen LogP contribution in [0.15, 0.2) is 36.4 Å². The molecule has 2 aromatic carbocycles. The van der Waals surface area contributed by atoms with Gasteiger partial charge in [0, 0.05) is 6.54 Å². The molecule has 4 rings (SSSR count). The topological polar surface area (TPSA) is 73.9 Å². The minimum absolute atomic E-state index is 0.168. The predicted molar refractivity (Wildman–Crippen MR) is 112 cm³/mol. The normalized spacial score (nSPS) is 16.6. The van der Waals surface area contributed by atoms with Crippen LogP contribution in [-0.4, -0.2) is 31.7 Å². The van der Waals surface area contributed by atoms with Gasteiger partial charge in [0.05, 0.1) is 5.41 Å². The van der Waals surface area contributed by atoms with Gasteiger partial charge in [-0.1, -0.05) is 31.0 Å². The Morgan fingerprint density at radius 3 is 2.55 bits per heavy atom. The van der Waals surface area contributed by atoms with Crippen LogP contribution < -0.4 is 14.8 Å². The molecule has 0 radical (unpaired) electrons. The zero-order valence-electron chi connectivity index (χ0n) is 17.5. The molecule has 1 aliphatic heterocycles. The number of esters is 1. The number of ether oxygens (including phenoxy) is 3. The highest BCUT2D eigenvalue weighted by Gasteiger charge is 2.45. The molecular weight excluding hydrogens is 401 g/mol. The average molecular weight is 427 g/mol. The van der Waals surface area contributed by atoms with E-state index in [1.54, 1.807) is 19.1 Å². The molecule has 1 saturated carbocycles. The first kappa shape index (κ1) is 21.2. The number of hydrogen-bond acceptors (Lipinski definition) is 5. The number of rotatable bonds is 6.